The van der Waals surface area contributed by atoms with Gasteiger partial charge in [0.05, 0.1) is 0 Å². The molecule has 0 saturated carbocycles. The third kappa shape index (κ3) is 4.35. The molecule has 1 amide bonds. The summed E-state index contributed by atoms with van der Waals surface area (Å²) in [7, 11) is 1.57. The van der Waals surface area contributed by atoms with Crippen LogP contribution in [-0.2, 0) is 13.6 Å². The van der Waals surface area contributed by atoms with Crippen LogP contribution in [0.1, 0.15) is 28.9 Å². The SMILES string of the molecule is Cn1nc(C(=O)N2CCCC(N3CCN(Cc4ccc5c(c4)OCO5)CC3)C2)ccc1=O. The Bertz CT molecular complexity index is 1050. The number of likely N-dealkylation sites (tertiary alicyclic amines) is 1. The lowest BCUT2D eigenvalue weighted by atomic mass is 10.0. The summed E-state index contributed by atoms with van der Waals surface area (Å²) in [6, 6.07) is 9.48. The van der Waals surface area contributed by atoms with Crippen molar-refractivity contribution in [1.82, 2.24) is 24.5 Å². The van der Waals surface area contributed by atoms with Crippen LogP contribution in [-0.4, -0.2) is 82.5 Å². The maximum absolute atomic E-state index is 12.9. The number of amides is 1. The minimum atomic E-state index is -0.211. The van der Waals surface area contributed by atoms with Gasteiger partial charge in [-0.05, 0) is 36.6 Å². The molecule has 4 heterocycles. The molecule has 0 bridgehead atoms. The van der Waals surface area contributed by atoms with Crippen molar-refractivity contribution in [3.63, 3.8) is 0 Å². The minimum Gasteiger partial charge on any atom is -0.454 e. The first-order valence-corrected chi connectivity index (χ1v) is 11.3. The molecular weight excluding hydrogens is 410 g/mol. The maximum Gasteiger partial charge on any atom is 0.274 e. The van der Waals surface area contributed by atoms with Crippen molar-refractivity contribution in [2.24, 2.45) is 7.05 Å². The highest BCUT2D eigenvalue weighted by Gasteiger charge is 2.31. The van der Waals surface area contributed by atoms with Crippen LogP contribution >= 0.6 is 0 Å². The number of hydrogen-bond acceptors (Lipinski definition) is 7. The van der Waals surface area contributed by atoms with Crippen molar-refractivity contribution in [3.05, 3.63) is 51.9 Å². The number of fused-ring (bicyclic) bond motifs is 1. The van der Waals surface area contributed by atoms with Crippen molar-refractivity contribution in [2.75, 3.05) is 46.1 Å². The summed E-state index contributed by atoms with van der Waals surface area (Å²) >= 11 is 0. The lowest BCUT2D eigenvalue weighted by Crippen LogP contribution is -2.55. The monoisotopic (exact) mass is 439 g/mol. The van der Waals surface area contributed by atoms with Gasteiger partial charge in [0.25, 0.3) is 11.5 Å². The molecule has 9 nitrogen and oxygen atoms in total. The van der Waals surface area contributed by atoms with Crippen LogP contribution in [0.4, 0.5) is 0 Å². The smallest absolute Gasteiger partial charge is 0.274 e. The number of benzene rings is 1. The Morgan fingerprint density at radius 1 is 1.06 bits per heavy atom. The molecule has 1 aromatic heterocycles. The van der Waals surface area contributed by atoms with Gasteiger partial charge in [-0.15, -0.1) is 0 Å². The Hall–Kier alpha value is -2.91. The summed E-state index contributed by atoms with van der Waals surface area (Å²) in [5, 5.41) is 4.13. The number of aromatic nitrogens is 2. The summed E-state index contributed by atoms with van der Waals surface area (Å²) in [5.74, 6) is 1.57. The average Bonchev–Trinajstić information content (AvgIpc) is 3.29. The van der Waals surface area contributed by atoms with Crippen molar-refractivity contribution >= 4 is 5.91 Å². The lowest BCUT2D eigenvalue weighted by molar-refractivity contribution is 0.0402. The number of carbonyl (C=O) groups is 1. The van der Waals surface area contributed by atoms with E-state index in [1.807, 2.05) is 11.0 Å². The van der Waals surface area contributed by atoms with Gasteiger partial charge in [-0.2, -0.15) is 5.10 Å². The molecule has 1 atom stereocenters. The third-order valence-electron chi connectivity index (χ3n) is 6.63. The molecule has 1 unspecified atom stereocenters. The van der Waals surface area contributed by atoms with E-state index in [4.69, 9.17) is 9.47 Å². The molecule has 9 heteroatoms. The van der Waals surface area contributed by atoms with Crippen LogP contribution in [0.3, 0.4) is 0 Å². The Morgan fingerprint density at radius 2 is 1.88 bits per heavy atom. The van der Waals surface area contributed by atoms with Gasteiger partial charge in [-0.1, -0.05) is 6.07 Å². The Labute approximate surface area is 187 Å². The van der Waals surface area contributed by atoms with Crippen LogP contribution in [0.5, 0.6) is 11.5 Å². The molecule has 1 aromatic carbocycles. The second kappa shape index (κ2) is 8.91. The average molecular weight is 440 g/mol. The number of nitrogens with zero attached hydrogens (tertiary/aromatic N) is 5. The second-order valence-corrected chi connectivity index (χ2v) is 8.73. The molecule has 3 aliphatic heterocycles. The fourth-order valence-corrected chi connectivity index (χ4v) is 4.80. The molecule has 2 saturated heterocycles. The Balaban J connectivity index is 1.15. The zero-order valence-electron chi connectivity index (χ0n) is 18.4. The number of rotatable bonds is 4. The molecule has 0 radical (unpaired) electrons. The lowest BCUT2D eigenvalue weighted by Gasteiger charge is -2.43. The van der Waals surface area contributed by atoms with Gasteiger partial charge in [-0.25, -0.2) is 4.68 Å². The van der Waals surface area contributed by atoms with Gasteiger partial charge in [0.1, 0.15) is 5.69 Å². The van der Waals surface area contributed by atoms with E-state index < -0.39 is 0 Å². The van der Waals surface area contributed by atoms with Gasteiger partial charge in [0.15, 0.2) is 11.5 Å². The molecule has 170 valence electrons. The highest BCUT2D eigenvalue weighted by atomic mass is 16.7. The molecule has 32 heavy (non-hydrogen) atoms. The Morgan fingerprint density at radius 3 is 2.69 bits per heavy atom. The van der Waals surface area contributed by atoms with Crippen LogP contribution in [0.15, 0.2) is 35.1 Å². The normalized spacial score (nSPS) is 21.7. The molecular formula is C23H29N5O4. The number of ether oxygens (including phenoxy) is 2. The number of piperidine rings is 1. The first kappa shape index (κ1) is 21.0. The first-order valence-electron chi connectivity index (χ1n) is 11.3. The van der Waals surface area contributed by atoms with Crippen LogP contribution in [0, 0.1) is 0 Å². The van der Waals surface area contributed by atoms with Crippen molar-refractivity contribution in [3.8, 4) is 11.5 Å². The van der Waals surface area contributed by atoms with Gasteiger partial charge < -0.3 is 14.4 Å². The molecule has 0 spiro atoms. The molecule has 2 aromatic rings. The van der Waals surface area contributed by atoms with Crippen molar-refractivity contribution in [2.45, 2.75) is 25.4 Å². The molecule has 0 N–H and O–H groups in total. The number of aryl methyl sites for hydroxylation is 1. The summed E-state index contributed by atoms with van der Waals surface area (Å²) < 4.78 is 12.1. The van der Waals surface area contributed by atoms with Crippen LogP contribution < -0.4 is 15.0 Å². The van der Waals surface area contributed by atoms with Crippen LogP contribution in [0.2, 0.25) is 0 Å². The van der Waals surface area contributed by atoms with Crippen molar-refractivity contribution < 1.29 is 14.3 Å². The largest absolute Gasteiger partial charge is 0.454 e. The van der Waals surface area contributed by atoms with Crippen LogP contribution in [0.25, 0.3) is 0 Å². The van der Waals surface area contributed by atoms with E-state index in [0.717, 1.165) is 63.6 Å². The standard InChI is InChI=1S/C23H29N5O4/c1-25-22(29)7-5-19(24-25)23(30)28-8-2-3-18(15-28)27-11-9-26(10-12-27)14-17-4-6-20-21(13-17)32-16-31-20/h4-7,13,18H,2-3,8-12,14-16H2,1H3. The molecule has 3 aliphatic rings. The number of carbonyl (C=O) groups excluding carboxylic acids is 1. The fourth-order valence-electron chi connectivity index (χ4n) is 4.80. The molecule has 0 aliphatic carbocycles. The number of hydrogen-bond donors (Lipinski definition) is 0. The third-order valence-corrected chi connectivity index (χ3v) is 6.63. The van der Waals surface area contributed by atoms with Gasteiger partial charge in [0.2, 0.25) is 6.79 Å². The second-order valence-electron chi connectivity index (χ2n) is 8.73. The zero-order valence-corrected chi connectivity index (χ0v) is 18.4. The minimum absolute atomic E-state index is 0.0910. The highest BCUT2D eigenvalue weighted by Crippen LogP contribution is 2.33. The van der Waals surface area contributed by atoms with Gasteiger partial charge >= 0.3 is 0 Å². The quantitative estimate of drug-likeness (QED) is 0.701. The van der Waals surface area contributed by atoms with E-state index in [1.54, 1.807) is 7.05 Å². The predicted molar refractivity (Wildman–Crippen MR) is 118 cm³/mol. The van der Waals surface area contributed by atoms with E-state index >= 15 is 0 Å². The van der Waals surface area contributed by atoms with E-state index in [9.17, 15) is 9.59 Å². The summed E-state index contributed by atoms with van der Waals surface area (Å²) in [4.78, 5) is 31.4. The topological polar surface area (TPSA) is 80.1 Å². The highest BCUT2D eigenvalue weighted by molar-refractivity contribution is 5.92. The van der Waals surface area contributed by atoms with E-state index in [2.05, 4.69) is 27.0 Å². The Kier molecular flexibility index (Phi) is 5.84. The molecule has 5 rings (SSSR count). The predicted octanol–water partition coefficient (Wildman–Crippen LogP) is 0.931. The van der Waals surface area contributed by atoms with E-state index in [1.165, 1.54) is 22.4 Å². The number of piperazine rings is 1. The molecule has 2 fully saturated rings. The zero-order chi connectivity index (χ0) is 22.1. The fraction of sp³-hybridized carbons (Fsp3) is 0.522. The van der Waals surface area contributed by atoms with E-state index in [0.29, 0.717) is 25.1 Å². The van der Waals surface area contributed by atoms with Crippen molar-refractivity contribution in [1.29, 1.82) is 0 Å². The maximum atomic E-state index is 12.9. The summed E-state index contributed by atoms with van der Waals surface area (Å²) in [5.41, 5.74) is 1.36. The summed E-state index contributed by atoms with van der Waals surface area (Å²) in [6.45, 7) is 6.65. The van der Waals surface area contributed by atoms with Gasteiger partial charge in [-0.3, -0.25) is 19.4 Å². The summed E-state index contributed by atoms with van der Waals surface area (Å²) in [6.07, 6.45) is 2.09. The first-order chi connectivity index (χ1) is 15.6. The van der Waals surface area contributed by atoms with Gasteiger partial charge in [0, 0.05) is 65.0 Å². The van der Waals surface area contributed by atoms with E-state index in [-0.39, 0.29) is 11.5 Å².